The van der Waals surface area contributed by atoms with E-state index in [0.29, 0.717) is 22.1 Å². The van der Waals surface area contributed by atoms with E-state index in [1.165, 1.54) is 0 Å². The van der Waals surface area contributed by atoms with E-state index in [1.807, 2.05) is 0 Å². The molecule has 0 saturated heterocycles. The molecule has 2 aromatic rings. The minimum Gasteiger partial charge on any atom is -0.481 e. The average Bonchev–Trinajstić information content (AvgIpc) is 2.87. The predicted octanol–water partition coefficient (Wildman–Crippen LogP) is 3.62. The Kier molecular flexibility index (Phi) is 4.48. The summed E-state index contributed by atoms with van der Waals surface area (Å²) in [4.78, 5) is 14.6. The largest absolute Gasteiger partial charge is 0.481 e. The quantitative estimate of drug-likeness (QED) is 0.926. The molecule has 112 valence electrons. The Balaban J connectivity index is 2.25. The number of nitrogens with zero attached hydrogens (tertiary/aromatic N) is 2. The molecule has 0 bridgehead atoms. The molecule has 0 aliphatic heterocycles. The van der Waals surface area contributed by atoms with Crippen LogP contribution in [0.2, 0.25) is 5.02 Å². The van der Waals surface area contributed by atoms with Crippen molar-refractivity contribution in [2.75, 3.05) is 0 Å². The molecule has 21 heavy (non-hydrogen) atoms. The fourth-order valence-corrected chi connectivity index (χ4v) is 2.52. The van der Waals surface area contributed by atoms with Gasteiger partial charge in [-0.25, -0.2) is 4.98 Å². The highest BCUT2D eigenvalue weighted by molar-refractivity contribution is 7.05. The van der Waals surface area contributed by atoms with E-state index in [0.717, 1.165) is 0 Å². The Bertz CT molecular complexity index is 643. The summed E-state index contributed by atoms with van der Waals surface area (Å²) in [7, 11) is 0. The third-order valence-corrected chi connectivity index (χ3v) is 3.72. The first-order valence-corrected chi connectivity index (χ1v) is 6.80. The lowest BCUT2D eigenvalue weighted by molar-refractivity contribution is -0.145. The molecule has 2 rings (SSSR count). The third kappa shape index (κ3) is 3.92. The van der Waals surface area contributed by atoms with Crippen molar-refractivity contribution >= 4 is 29.1 Å². The van der Waals surface area contributed by atoms with Crippen molar-refractivity contribution in [3.63, 3.8) is 0 Å². The number of aromatic nitrogens is 2. The molecular weight excluding hydrogens is 329 g/mol. The Morgan fingerprint density at radius 1 is 1.33 bits per heavy atom. The molecule has 0 saturated carbocycles. The number of halogens is 4. The van der Waals surface area contributed by atoms with Crippen LogP contribution in [0.1, 0.15) is 22.3 Å². The number of carboxylic acid groups (broad SMARTS) is 1. The van der Waals surface area contributed by atoms with E-state index in [4.69, 9.17) is 11.6 Å². The van der Waals surface area contributed by atoms with Gasteiger partial charge in [0.25, 0.3) is 0 Å². The molecule has 0 radical (unpaired) electrons. The zero-order valence-corrected chi connectivity index (χ0v) is 11.8. The van der Waals surface area contributed by atoms with Crippen LogP contribution >= 0.6 is 23.1 Å². The van der Waals surface area contributed by atoms with Gasteiger partial charge >= 0.3 is 12.1 Å². The first-order valence-electron chi connectivity index (χ1n) is 5.65. The third-order valence-electron chi connectivity index (χ3n) is 2.64. The Hall–Kier alpha value is -1.67. The predicted molar refractivity (Wildman–Crippen MR) is 70.4 cm³/mol. The fourth-order valence-electron chi connectivity index (χ4n) is 1.63. The van der Waals surface area contributed by atoms with Gasteiger partial charge in [-0.15, -0.1) is 0 Å². The first-order chi connectivity index (χ1) is 9.77. The summed E-state index contributed by atoms with van der Waals surface area (Å²) in [6.45, 7) is 0. The first kappa shape index (κ1) is 15.7. The molecule has 0 aliphatic carbocycles. The molecule has 0 aliphatic rings. The number of rotatable bonds is 4. The van der Waals surface area contributed by atoms with Crippen molar-refractivity contribution in [1.29, 1.82) is 0 Å². The van der Waals surface area contributed by atoms with Crippen LogP contribution in [0, 0.1) is 0 Å². The van der Waals surface area contributed by atoms with Gasteiger partial charge in [-0.2, -0.15) is 17.5 Å². The van der Waals surface area contributed by atoms with Crippen molar-refractivity contribution in [1.82, 2.24) is 9.36 Å². The van der Waals surface area contributed by atoms with Crippen LogP contribution < -0.4 is 0 Å². The van der Waals surface area contributed by atoms with Crippen LogP contribution in [-0.2, 0) is 17.4 Å². The number of hydrogen-bond acceptors (Lipinski definition) is 4. The van der Waals surface area contributed by atoms with Gasteiger partial charge in [-0.1, -0.05) is 23.7 Å². The van der Waals surface area contributed by atoms with Crippen LogP contribution in [0.3, 0.4) is 0 Å². The molecular formula is C12H8ClF3N2O2S. The summed E-state index contributed by atoms with van der Waals surface area (Å²) in [5, 5.41) is 9.50. The van der Waals surface area contributed by atoms with Gasteiger partial charge in [0.2, 0.25) is 5.82 Å². The molecule has 1 heterocycles. The van der Waals surface area contributed by atoms with Gasteiger partial charge in [0.15, 0.2) is 0 Å². The summed E-state index contributed by atoms with van der Waals surface area (Å²) >= 11 is 6.17. The van der Waals surface area contributed by atoms with Gasteiger partial charge in [-0.05, 0) is 35.6 Å². The van der Waals surface area contributed by atoms with Gasteiger partial charge in [0.1, 0.15) is 10.9 Å². The molecule has 1 unspecified atom stereocenters. The van der Waals surface area contributed by atoms with Crippen molar-refractivity contribution in [3.8, 4) is 0 Å². The van der Waals surface area contributed by atoms with Gasteiger partial charge < -0.3 is 5.11 Å². The lowest BCUT2D eigenvalue weighted by Gasteiger charge is -2.09. The minimum absolute atomic E-state index is 0.0129. The van der Waals surface area contributed by atoms with E-state index in [-0.39, 0.29) is 11.4 Å². The van der Waals surface area contributed by atoms with Gasteiger partial charge in [0, 0.05) is 5.02 Å². The second-order valence-corrected chi connectivity index (χ2v) is 5.40. The number of aliphatic carboxylic acids is 1. The molecule has 1 aromatic carbocycles. The molecule has 1 atom stereocenters. The van der Waals surface area contributed by atoms with Gasteiger partial charge in [-0.3, -0.25) is 4.79 Å². The van der Waals surface area contributed by atoms with Crippen LogP contribution in [0.25, 0.3) is 0 Å². The number of benzene rings is 1. The lowest BCUT2D eigenvalue weighted by Crippen LogP contribution is -2.15. The number of alkyl halides is 3. The van der Waals surface area contributed by atoms with Crippen molar-refractivity contribution in [2.45, 2.75) is 18.5 Å². The van der Waals surface area contributed by atoms with Crippen LogP contribution in [-0.4, -0.2) is 20.4 Å². The maximum atomic E-state index is 12.5. The van der Waals surface area contributed by atoms with E-state index < -0.39 is 23.9 Å². The fraction of sp³-hybridized carbons (Fsp3) is 0.250. The summed E-state index contributed by atoms with van der Waals surface area (Å²) in [5.41, 5.74) is 0.635. The van der Waals surface area contributed by atoms with Crippen molar-refractivity contribution < 1.29 is 23.1 Å². The second kappa shape index (κ2) is 5.98. The molecule has 4 nitrogen and oxygen atoms in total. The number of carboxylic acids is 1. The zero-order chi connectivity index (χ0) is 15.6. The van der Waals surface area contributed by atoms with Crippen LogP contribution in [0.5, 0.6) is 0 Å². The highest BCUT2D eigenvalue weighted by Crippen LogP contribution is 2.31. The zero-order valence-electron chi connectivity index (χ0n) is 10.3. The Morgan fingerprint density at radius 3 is 2.43 bits per heavy atom. The SMILES string of the molecule is O=C(O)C(Cc1ccc(Cl)cc1)c1nc(C(F)(F)F)ns1. The highest BCUT2D eigenvalue weighted by atomic mass is 35.5. The summed E-state index contributed by atoms with van der Waals surface area (Å²) in [6.07, 6.45) is -4.67. The minimum atomic E-state index is -4.68. The Labute approximate surface area is 126 Å². The maximum Gasteiger partial charge on any atom is 0.452 e. The van der Waals surface area contributed by atoms with E-state index in [1.54, 1.807) is 24.3 Å². The molecule has 0 spiro atoms. The molecule has 1 aromatic heterocycles. The van der Waals surface area contributed by atoms with Crippen molar-refractivity contribution in [3.05, 3.63) is 45.7 Å². The maximum absolute atomic E-state index is 12.5. The summed E-state index contributed by atoms with van der Waals surface area (Å²) in [6, 6.07) is 6.39. The van der Waals surface area contributed by atoms with E-state index in [9.17, 15) is 23.1 Å². The summed E-state index contributed by atoms with van der Waals surface area (Å²) in [5.74, 6) is -3.75. The van der Waals surface area contributed by atoms with E-state index in [2.05, 4.69) is 9.36 Å². The molecule has 0 amide bonds. The van der Waals surface area contributed by atoms with Crippen LogP contribution in [0.15, 0.2) is 24.3 Å². The standard InChI is InChI=1S/C12H8ClF3N2O2S/c13-7-3-1-6(2-4-7)5-8(10(19)20)9-17-11(18-21-9)12(14,15)16/h1-4,8H,5H2,(H,19,20). The normalized spacial score (nSPS) is 13.1. The smallest absolute Gasteiger partial charge is 0.452 e. The number of carbonyl (C=O) groups is 1. The molecule has 0 fully saturated rings. The van der Waals surface area contributed by atoms with E-state index >= 15 is 0 Å². The van der Waals surface area contributed by atoms with Crippen LogP contribution in [0.4, 0.5) is 13.2 Å². The monoisotopic (exact) mass is 336 g/mol. The number of hydrogen-bond donors (Lipinski definition) is 1. The topological polar surface area (TPSA) is 63.1 Å². The highest BCUT2D eigenvalue weighted by Gasteiger charge is 2.37. The average molecular weight is 337 g/mol. The van der Waals surface area contributed by atoms with Gasteiger partial charge in [0.05, 0.1) is 0 Å². The van der Waals surface area contributed by atoms with Crippen molar-refractivity contribution in [2.24, 2.45) is 0 Å². The molecule has 9 heteroatoms. The Morgan fingerprint density at radius 2 is 1.95 bits per heavy atom. The second-order valence-electron chi connectivity index (χ2n) is 4.18. The molecule has 1 N–H and O–H groups in total. The summed E-state index contributed by atoms with van der Waals surface area (Å²) < 4.78 is 40.5. The lowest BCUT2D eigenvalue weighted by atomic mass is 10.0.